The van der Waals surface area contributed by atoms with Crippen molar-refractivity contribution in [3.8, 4) is 17.1 Å². The predicted molar refractivity (Wildman–Crippen MR) is 95.3 cm³/mol. The molecule has 0 radical (unpaired) electrons. The molecule has 4 aromatic rings. The molecule has 6 nitrogen and oxygen atoms in total. The number of oxazole rings is 2. The van der Waals surface area contributed by atoms with Crippen LogP contribution in [0.3, 0.4) is 0 Å². The van der Waals surface area contributed by atoms with Crippen LogP contribution < -0.4 is 10.1 Å². The van der Waals surface area contributed by atoms with E-state index in [0.717, 1.165) is 22.4 Å². The number of nitrogens with zero attached hydrogens (tertiary/aromatic N) is 2. The van der Waals surface area contributed by atoms with Crippen molar-refractivity contribution in [3.05, 3.63) is 54.0 Å². The molecule has 2 aromatic heterocycles. The van der Waals surface area contributed by atoms with Crippen LogP contribution in [-0.4, -0.2) is 17.1 Å². The molecule has 1 N–H and O–H groups in total. The Kier molecular flexibility index (Phi) is 3.65. The third kappa shape index (κ3) is 2.82. The summed E-state index contributed by atoms with van der Waals surface area (Å²) in [4.78, 5) is 8.43. The molecule has 25 heavy (non-hydrogen) atoms. The summed E-state index contributed by atoms with van der Waals surface area (Å²) < 4.78 is 16.6. The smallest absolute Gasteiger partial charge is 0.300 e. The van der Waals surface area contributed by atoms with Crippen LogP contribution in [0.4, 0.5) is 11.7 Å². The van der Waals surface area contributed by atoms with Gasteiger partial charge < -0.3 is 18.9 Å². The molecule has 126 valence electrons. The van der Waals surface area contributed by atoms with E-state index >= 15 is 0 Å². The molecule has 0 aliphatic carbocycles. The van der Waals surface area contributed by atoms with Crippen LogP contribution in [0.25, 0.3) is 22.4 Å². The number of fused-ring (bicyclic) bond motifs is 1. The van der Waals surface area contributed by atoms with Crippen molar-refractivity contribution in [1.29, 1.82) is 0 Å². The van der Waals surface area contributed by atoms with E-state index in [1.165, 1.54) is 17.5 Å². The predicted octanol–water partition coefficient (Wildman–Crippen LogP) is 4.85. The van der Waals surface area contributed by atoms with Gasteiger partial charge in [0, 0.05) is 11.8 Å². The van der Waals surface area contributed by atoms with Crippen molar-refractivity contribution < 1.29 is 13.6 Å². The summed E-state index contributed by atoms with van der Waals surface area (Å²) in [6.45, 7) is 4.11. The minimum absolute atomic E-state index is 0.439. The largest absolute Gasteiger partial charge is 0.496 e. The molecule has 0 unspecified atom stereocenters. The summed E-state index contributed by atoms with van der Waals surface area (Å²) in [5.41, 5.74) is 5.58. The van der Waals surface area contributed by atoms with Gasteiger partial charge >= 0.3 is 0 Å². The van der Waals surface area contributed by atoms with Crippen LogP contribution in [0.1, 0.15) is 11.1 Å². The lowest BCUT2D eigenvalue weighted by molar-refractivity contribution is 0.415. The van der Waals surface area contributed by atoms with Gasteiger partial charge in [0.15, 0.2) is 17.7 Å². The average Bonchev–Trinajstić information content (AvgIpc) is 3.25. The van der Waals surface area contributed by atoms with E-state index in [-0.39, 0.29) is 0 Å². The van der Waals surface area contributed by atoms with Gasteiger partial charge in [0.25, 0.3) is 6.01 Å². The maximum absolute atomic E-state index is 5.79. The van der Waals surface area contributed by atoms with Crippen molar-refractivity contribution in [2.24, 2.45) is 0 Å². The van der Waals surface area contributed by atoms with E-state index in [9.17, 15) is 0 Å². The Morgan fingerprint density at radius 3 is 2.68 bits per heavy atom. The third-order valence-electron chi connectivity index (χ3n) is 4.15. The summed E-state index contributed by atoms with van der Waals surface area (Å²) in [6, 6.07) is 10.1. The van der Waals surface area contributed by atoms with Crippen molar-refractivity contribution in [2.45, 2.75) is 13.8 Å². The number of hydrogen-bond donors (Lipinski definition) is 1. The Morgan fingerprint density at radius 2 is 1.92 bits per heavy atom. The molecule has 0 saturated carbocycles. The van der Waals surface area contributed by atoms with E-state index in [1.54, 1.807) is 13.3 Å². The van der Waals surface area contributed by atoms with Crippen molar-refractivity contribution in [1.82, 2.24) is 9.97 Å². The van der Waals surface area contributed by atoms with Crippen molar-refractivity contribution in [3.63, 3.8) is 0 Å². The fraction of sp³-hybridized carbons (Fsp3) is 0.158. The van der Waals surface area contributed by atoms with Crippen LogP contribution in [0.5, 0.6) is 5.75 Å². The second-order valence-corrected chi connectivity index (χ2v) is 5.83. The summed E-state index contributed by atoms with van der Waals surface area (Å²) in [7, 11) is 1.62. The van der Waals surface area contributed by atoms with E-state index < -0.39 is 0 Å². The number of benzene rings is 2. The molecule has 0 spiro atoms. The van der Waals surface area contributed by atoms with Gasteiger partial charge in [-0.2, -0.15) is 4.98 Å². The van der Waals surface area contributed by atoms with Gasteiger partial charge in [-0.15, -0.1) is 0 Å². The zero-order valence-corrected chi connectivity index (χ0v) is 14.2. The van der Waals surface area contributed by atoms with Gasteiger partial charge in [-0.1, -0.05) is 0 Å². The SMILES string of the molecule is COc1cc(Nc2nc3cc(C)c(C)cc3o2)ccc1-c1cnco1. The highest BCUT2D eigenvalue weighted by molar-refractivity contribution is 5.78. The standard InChI is InChI=1S/C19H17N3O3/c1-11-6-15-17(7-12(11)2)25-19(22-15)21-13-4-5-14(16(8-13)23-3)18-9-20-10-24-18/h4-10H,1-3H3,(H,21,22). The first-order chi connectivity index (χ1) is 12.1. The number of hydrogen-bond acceptors (Lipinski definition) is 6. The first-order valence-corrected chi connectivity index (χ1v) is 7.86. The molecular formula is C19H17N3O3. The monoisotopic (exact) mass is 335 g/mol. The average molecular weight is 335 g/mol. The molecule has 0 saturated heterocycles. The van der Waals surface area contributed by atoms with Gasteiger partial charge in [-0.25, -0.2) is 4.98 Å². The third-order valence-corrected chi connectivity index (χ3v) is 4.15. The Bertz CT molecular complexity index is 997. The summed E-state index contributed by atoms with van der Waals surface area (Å²) >= 11 is 0. The zero-order chi connectivity index (χ0) is 17.4. The molecule has 2 heterocycles. The molecule has 0 bridgehead atoms. The summed E-state index contributed by atoms with van der Waals surface area (Å²) in [5, 5.41) is 3.18. The summed E-state index contributed by atoms with van der Waals surface area (Å²) in [6.07, 6.45) is 3.04. The van der Waals surface area contributed by atoms with E-state index in [4.69, 9.17) is 13.6 Å². The molecule has 0 amide bonds. The number of ether oxygens (including phenoxy) is 1. The fourth-order valence-electron chi connectivity index (χ4n) is 2.68. The molecule has 0 fully saturated rings. The fourth-order valence-corrected chi connectivity index (χ4v) is 2.68. The molecule has 4 rings (SSSR count). The topological polar surface area (TPSA) is 73.3 Å². The number of rotatable bonds is 4. The lowest BCUT2D eigenvalue weighted by atomic mass is 10.1. The van der Waals surface area contributed by atoms with E-state index in [0.29, 0.717) is 17.5 Å². The molecule has 0 aliphatic heterocycles. The van der Waals surface area contributed by atoms with E-state index in [1.807, 2.05) is 30.3 Å². The zero-order valence-electron chi connectivity index (χ0n) is 14.2. The van der Waals surface area contributed by atoms with Crippen LogP contribution in [-0.2, 0) is 0 Å². The molecule has 2 aromatic carbocycles. The van der Waals surface area contributed by atoms with Gasteiger partial charge in [0.1, 0.15) is 11.3 Å². The minimum Gasteiger partial charge on any atom is -0.496 e. The highest BCUT2D eigenvalue weighted by Crippen LogP contribution is 2.33. The Balaban J connectivity index is 1.66. The van der Waals surface area contributed by atoms with Crippen LogP contribution in [0.2, 0.25) is 0 Å². The lowest BCUT2D eigenvalue weighted by Gasteiger charge is -2.08. The quantitative estimate of drug-likeness (QED) is 0.574. The normalized spacial score (nSPS) is 11.0. The molecule has 0 aliphatic rings. The van der Waals surface area contributed by atoms with Crippen LogP contribution >= 0.6 is 0 Å². The van der Waals surface area contributed by atoms with Gasteiger partial charge in [-0.05, 0) is 49.2 Å². The molecule has 6 heteroatoms. The Labute approximate surface area is 144 Å². The first-order valence-electron chi connectivity index (χ1n) is 7.86. The summed E-state index contributed by atoms with van der Waals surface area (Å²) in [5.74, 6) is 1.32. The van der Waals surface area contributed by atoms with Crippen molar-refractivity contribution in [2.75, 3.05) is 12.4 Å². The Hall–Kier alpha value is -3.28. The second-order valence-electron chi connectivity index (χ2n) is 5.83. The van der Waals surface area contributed by atoms with Crippen LogP contribution in [0, 0.1) is 13.8 Å². The minimum atomic E-state index is 0.439. The number of anilines is 2. The highest BCUT2D eigenvalue weighted by atomic mass is 16.5. The van der Waals surface area contributed by atoms with E-state index in [2.05, 4.69) is 29.1 Å². The van der Waals surface area contributed by atoms with Crippen molar-refractivity contribution >= 4 is 22.8 Å². The second kappa shape index (κ2) is 5.98. The number of aromatic nitrogens is 2. The maximum atomic E-state index is 5.79. The number of aryl methyl sites for hydroxylation is 2. The highest BCUT2D eigenvalue weighted by Gasteiger charge is 2.12. The number of nitrogens with one attached hydrogen (secondary N) is 1. The maximum Gasteiger partial charge on any atom is 0.300 e. The van der Waals surface area contributed by atoms with Gasteiger partial charge in [0.2, 0.25) is 0 Å². The lowest BCUT2D eigenvalue weighted by Crippen LogP contribution is -1.93. The first kappa shape index (κ1) is 15.3. The molecular weight excluding hydrogens is 318 g/mol. The molecule has 0 atom stereocenters. The van der Waals surface area contributed by atoms with Gasteiger partial charge in [0.05, 0.1) is 18.9 Å². The number of methoxy groups -OCH3 is 1. The van der Waals surface area contributed by atoms with Crippen LogP contribution in [0.15, 0.2) is 51.8 Å². The Morgan fingerprint density at radius 1 is 1.08 bits per heavy atom. The van der Waals surface area contributed by atoms with Gasteiger partial charge in [-0.3, -0.25) is 0 Å².